The van der Waals surface area contributed by atoms with Crippen molar-refractivity contribution in [2.75, 3.05) is 19.6 Å². The Bertz CT molecular complexity index is 650. The maximum Gasteiger partial charge on any atom is 0.323 e. The number of halogens is 1. The first kappa shape index (κ1) is 18.9. The van der Waals surface area contributed by atoms with Crippen molar-refractivity contribution < 1.29 is 23.9 Å². The molecule has 2 rings (SSSR count). The molecule has 0 aromatic heterocycles. The number of carbonyl (C=O) groups is 3. The van der Waals surface area contributed by atoms with E-state index in [0.717, 1.165) is 0 Å². The van der Waals surface area contributed by atoms with Crippen LogP contribution in [-0.4, -0.2) is 58.4 Å². The van der Waals surface area contributed by atoms with Crippen LogP contribution >= 0.6 is 0 Å². The van der Waals surface area contributed by atoms with Crippen LogP contribution in [0.15, 0.2) is 24.3 Å². The van der Waals surface area contributed by atoms with Gasteiger partial charge in [0.05, 0.1) is 6.42 Å². The van der Waals surface area contributed by atoms with Crippen LogP contribution in [0.2, 0.25) is 0 Å². The number of hydrogen-bond donors (Lipinski definition) is 1. The number of likely N-dealkylation sites (tertiary alicyclic amines) is 1. The molecule has 0 unspecified atom stereocenters. The number of benzene rings is 1. The summed E-state index contributed by atoms with van der Waals surface area (Å²) in [5.74, 6) is -1.77. The Hall–Kier alpha value is -2.44. The van der Waals surface area contributed by atoms with Crippen LogP contribution < -0.4 is 0 Å². The highest BCUT2D eigenvalue weighted by Gasteiger charge is 2.27. The molecule has 0 radical (unpaired) electrons. The van der Waals surface area contributed by atoms with Crippen molar-refractivity contribution in [3.8, 4) is 0 Å². The standard InChI is InChI=1S/C18H23FN2O4/c1-13(22)21(12-18(24)25)16-6-3-8-20(9-7-16)17(23)11-14-4-2-5-15(19)10-14/h2,4-5,10,16H,3,6-9,11-12H2,1H3,(H,24,25)/t16-/m0/s1. The summed E-state index contributed by atoms with van der Waals surface area (Å²) in [6.45, 7) is 2.06. The fourth-order valence-electron chi connectivity index (χ4n) is 3.22. The van der Waals surface area contributed by atoms with Gasteiger partial charge in [0.25, 0.3) is 0 Å². The average Bonchev–Trinajstić information content (AvgIpc) is 2.78. The molecule has 1 fully saturated rings. The van der Waals surface area contributed by atoms with Gasteiger partial charge in [-0.3, -0.25) is 14.4 Å². The minimum Gasteiger partial charge on any atom is -0.480 e. The summed E-state index contributed by atoms with van der Waals surface area (Å²) < 4.78 is 13.2. The van der Waals surface area contributed by atoms with Crippen molar-refractivity contribution in [2.45, 2.75) is 38.6 Å². The predicted octanol–water partition coefficient (Wildman–Crippen LogP) is 1.68. The Labute approximate surface area is 146 Å². The molecular weight excluding hydrogens is 327 g/mol. The second-order valence-corrected chi connectivity index (χ2v) is 6.31. The van der Waals surface area contributed by atoms with Crippen molar-refractivity contribution in [3.05, 3.63) is 35.6 Å². The Morgan fingerprint density at radius 2 is 2.04 bits per heavy atom. The third-order valence-electron chi connectivity index (χ3n) is 4.45. The van der Waals surface area contributed by atoms with Gasteiger partial charge in [-0.15, -0.1) is 0 Å². The van der Waals surface area contributed by atoms with Crippen molar-refractivity contribution >= 4 is 17.8 Å². The van der Waals surface area contributed by atoms with Crippen LogP contribution in [0.1, 0.15) is 31.7 Å². The van der Waals surface area contributed by atoms with Crippen molar-refractivity contribution in [2.24, 2.45) is 0 Å². The molecule has 1 saturated heterocycles. The Kier molecular flexibility index (Phi) is 6.50. The lowest BCUT2D eigenvalue weighted by Crippen LogP contribution is -2.43. The van der Waals surface area contributed by atoms with E-state index >= 15 is 0 Å². The van der Waals surface area contributed by atoms with E-state index in [0.29, 0.717) is 37.9 Å². The molecule has 1 N–H and O–H groups in total. The maximum absolute atomic E-state index is 13.2. The fraction of sp³-hybridized carbons (Fsp3) is 0.500. The zero-order chi connectivity index (χ0) is 18.4. The molecule has 1 atom stereocenters. The van der Waals surface area contributed by atoms with Gasteiger partial charge in [-0.05, 0) is 37.0 Å². The van der Waals surface area contributed by atoms with E-state index in [1.165, 1.54) is 24.0 Å². The van der Waals surface area contributed by atoms with Crippen LogP contribution in [0.4, 0.5) is 4.39 Å². The Morgan fingerprint density at radius 1 is 1.28 bits per heavy atom. The summed E-state index contributed by atoms with van der Waals surface area (Å²) in [5, 5.41) is 8.97. The summed E-state index contributed by atoms with van der Waals surface area (Å²) >= 11 is 0. The Morgan fingerprint density at radius 3 is 2.68 bits per heavy atom. The molecule has 1 aromatic rings. The van der Waals surface area contributed by atoms with Gasteiger partial charge >= 0.3 is 5.97 Å². The maximum atomic E-state index is 13.2. The number of hydrogen-bond acceptors (Lipinski definition) is 3. The van der Waals surface area contributed by atoms with Crippen LogP contribution in [-0.2, 0) is 20.8 Å². The normalized spacial score (nSPS) is 17.7. The number of aliphatic carboxylic acids is 1. The lowest BCUT2D eigenvalue weighted by molar-refractivity contribution is -0.145. The summed E-state index contributed by atoms with van der Waals surface area (Å²) in [5.41, 5.74) is 0.627. The van der Waals surface area contributed by atoms with Crippen LogP contribution in [0, 0.1) is 5.82 Å². The molecule has 1 aliphatic heterocycles. The van der Waals surface area contributed by atoms with Gasteiger partial charge in [-0.25, -0.2) is 4.39 Å². The first-order valence-electron chi connectivity index (χ1n) is 8.38. The van der Waals surface area contributed by atoms with Crippen molar-refractivity contribution in [1.29, 1.82) is 0 Å². The topological polar surface area (TPSA) is 77.9 Å². The smallest absolute Gasteiger partial charge is 0.323 e. The second-order valence-electron chi connectivity index (χ2n) is 6.31. The molecule has 2 amide bonds. The first-order valence-corrected chi connectivity index (χ1v) is 8.38. The number of rotatable bonds is 5. The zero-order valence-corrected chi connectivity index (χ0v) is 14.3. The largest absolute Gasteiger partial charge is 0.480 e. The van der Waals surface area contributed by atoms with Crippen LogP contribution in [0.3, 0.4) is 0 Å². The van der Waals surface area contributed by atoms with Gasteiger partial charge in [0.2, 0.25) is 11.8 Å². The monoisotopic (exact) mass is 350 g/mol. The van der Waals surface area contributed by atoms with Gasteiger partial charge in [-0.2, -0.15) is 0 Å². The highest BCUT2D eigenvalue weighted by Crippen LogP contribution is 2.18. The van der Waals surface area contributed by atoms with E-state index in [9.17, 15) is 18.8 Å². The molecular formula is C18H23FN2O4. The molecule has 1 heterocycles. The number of carbonyl (C=O) groups excluding carboxylic acids is 2. The van der Waals surface area contributed by atoms with E-state index in [1.54, 1.807) is 17.0 Å². The minimum absolute atomic E-state index is 0.0844. The number of nitrogens with zero attached hydrogens (tertiary/aromatic N) is 2. The molecule has 1 aromatic carbocycles. The van der Waals surface area contributed by atoms with Crippen LogP contribution in [0.5, 0.6) is 0 Å². The molecule has 136 valence electrons. The third kappa shape index (κ3) is 5.55. The highest BCUT2D eigenvalue weighted by molar-refractivity contribution is 5.80. The lowest BCUT2D eigenvalue weighted by atomic mass is 10.1. The molecule has 0 saturated carbocycles. The zero-order valence-electron chi connectivity index (χ0n) is 14.3. The third-order valence-corrected chi connectivity index (χ3v) is 4.45. The summed E-state index contributed by atoms with van der Waals surface area (Å²) in [7, 11) is 0. The highest BCUT2D eigenvalue weighted by atomic mass is 19.1. The fourth-order valence-corrected chi connectivity index (χ4v) is 3.22. The summed E-state index contributed by atoms with van der Waals surface area (Å²) in [4.78, 5) is 38.2. The SMILES string of the molecule is CC(=O)N(CC(=O)O)[C@H]1CCCN(C(=O)Cc2cccc(F)c2)CC1. The lowest BCUT2D eigenvalue weighted by Gasteiger charge is -2.28. The molecule has 0 spiro atoms. The molecule has 0 bridgehead atoms. The Balaban J connectivity index is 1.96. The van der Waals surface area contributed by atoms with Crippen molar-refractivity contribution in [3.63, 3.8) is 0 Å². The predicted molar refractivity (Wildman–Crippen MR) is 89.3 cm³/mol. The average molecular weight is 350 g/mol. The molecule has 1 aliphatic rings. The van der Waals surface area contributed by atoms with Gasteiger partial charge in [0, 0.05) is 26.1 Å². The van der Waals surface area contributed by atoms with Crippen molar-refractivity contribution in [1.82, 2.24) is 9.80 Å². The summed E-state index contributed by atoms with van der Waals surface area (Å²) in [6, 6.07) is 5.80. The minimum atomic E-state index is -1.04. The van der Waals surface area contributed by atoms with E-state index in [2.05, 4.69) is 0 Å². The number of carboxylic acids is 1. The quantitative estimate of drug-likeness (QED) is 0.876. The van der Waals surface area contributed by atoms with Gasteiger partial charge in [0.1, 0.15) is 12.4 Å². The number of amides is 2. The van der Waals surface area contributed by atoms with E-state index in [1.807, 2.05) is 0 Å². The van der Waals surface area contributed by atoms with Gasteiger partial charge in [0.15, 0.2) is 0 Å². The van der Waals surface area contributed by atoms with Crippen LogP contribution in [0.25, 0.3) is 0 Å². The van der Waals surface area contributed by atoms with E-state index in [4.69, 9.17) is 5.11 Å². The van der Waals surface area contributed by atoms with Gasteiger partial charge in [-0.1, -0.05) is 12.1 Å². The van der Waals surface area contributed by atoms with Gasteiger partial charge < -0.3 is 14.9 Å². The van der Waals surface area contributed by atoms with E-state index in [-0.39, 0.29) is 36.6 Å². The number of carboxylic acid groups (broad SMARTS) is 1. The molecule has 0 aliphatic carbocycles. The molecule has 25 heavy (non-hydrogen) atoms. The summed E-state index contributed by atoms with van der Waals surface area (Å²) in [6.07, 6.45) is 2.04. The molecule has 6 nitrogen and oxygen atoms in total. The molecule has 7 heteroatoms. The van der Waals surface area contributed by atoms with E-state index < -0.39 is 5.97 Å². The second kappa shape index (κ2) is 8.60. The first-order chi connectivity index (χ1) is 11.9.